The molecule has 2 aromatic carbocycles. The zero-order chi connectivity index (χ0) is 19.5. The topological polar surface area (TPSA) is 58.9 Å². The average Bonchev–Trinajstić information content (AvgIpc) is 2.67. The summed E-state index contributed by atoms with van der Waals surface area (Å²) in [5.41, 5.74) is 0. The van der Waals surface area contributed by atoms with Crippen LogP contribution in [0, 0.1) is 0 Å². The molecular formula is C22H30O4Si. The van der Waals surface area contributed by atoms with Crippen LogP contribution in [0.5, 0.6) is 0 Å². The molecule has 2 aromatic rings. The summed E-state index contributed by atoms with van der Waals surface area (Å²) in [5, 5.41) is 22.3. The van der Waals surface area contributed by atoms with Crippen molar-refractivity contribution in [2.45, 2.75) is 50.5 Å². The molecule has 0 saturated carbocycles. The number of hydrogen-bond acceptors (Lipinski definition) is 4. The molecule has 3 rings (SSSR count). The van der Waals surface area contributed by atoms with E-state index in [-0.39, 0.29) is 17.6 Å². The molecule has 5 heteroatoms. The molecule has 4 nitrogen and oxygen atoms in total. The van der Waals surface area contributed by atoms with E-state index in [1.165, 1.54) is 10.4 Å². The molecule has 2 atom stereocenters. The second kappa shape index (κ2) is 7.85. The number of ether oxygens (including phenoxy) is 1. The molecule has 1 saturated heterocycles. The maximum atomic E-state index is 10.5. The molecule has 0 aromatic heterocycles. The summed E-state index contributed by atoms with van der Waals surface area (Å²) >= 11 is 0. The van der Waals surface area contributed by atoms with Gasteiger partial charge in [0.15, 0.2) is 5.79 Å². The molecule has 1 fully saturated rings. The Morgan fingerprint density at radius 3 is 2.00 bits per heavy atom. The number of aliphatic hydroxyl groups excluding tert-OH is 1. The molecule has 0 spiro atoms. The maximum absolute atomic E-state index is 10.5. The minimum Gasteiger partial charge on any atom is -0.404 e. The molecule has 1 aliphatic rings. The van der Waals surface area contributed by atoms with Gasteiger partial charge in [0.2, 0.25) is 0 Å². The van der Waals surface area contributed by atoms with Gasteiger partial charge in [0.05, 0.1) is 19.3 Å². The van der Waals surface area contributed by atoms with Crippen LogP contribution in [0.3, 0.4) is 0 Å². The van der Waals surface area contributed by atoms with Gasteiger partial charge in [-0.25, -0.2) is 0 Å². The van der Waals surface area contributed by atoms with Crippen molar-refractivity contribution >= 4 is 18.7 Å². The summed E-state index contributed by atoms with van der Waals surface area (Å²) in [7, 11) is -2.66. The van der Waals surface area contributed by atoms with Crippen molar-refractivity contribution < 1.29 is 19.4 Å². The Morgan fingerprint density at radius 2 is 1.56 bits per heavy atom. The lowest BCUT2D eigenvalue weighted by molar-refractivity contribution is -0.258. The molecular weight excluding hydrogens is 356 g/mol. The first-order chi connectivity index (χ1) is 12.8. The van der Waals surface area contributed by atoms with E-state index in [1.54, 1.807) is 0 Å². The third-order valence-corrected chi connectivity index (χ3v) is 10.5. The van der Waals surface area contributed by atoms with E-state index in [0.29, 0.717) is 13.0 Å². The van der Waals surface area contributed by atoms with Crippen LogP contribution < -0.4 is 10.4 Å². The van der Waals surface area contributed by atoms with E-state index in [9.17, 15) is 10.2 Å². The molecule has 0 bridgehead atoms. The third kappa shape index (κ3) is 4.03. The highest BCUT2D eigenvalue weighted by atomic mass is 28.4. The summed E-state index contributed by atoms with van der Waals surface area (Å²) in [6, 6.07) is 20.9. The molecule has 1 heterocycles. The summed E-state index contributed by atoms with van der Waals surface area (Å²) < 4.78 is 12.4. The van der Waals surface area contributed by atoms with Crippen LogP contribution in [0.25, 0.3) is 0 Å². The molecule has 0 aliphatic carbocycles. The molecule has 0 radical (unpaired) electrons. The Kier molecular flexibility index (Phi) is 5.89. The Hall–Kier alpha value is -1.50. The first kappa shape index (κ1) is 20.2. The van der Waals surface area contributed by atoms with Crippen LogP contribution in [0.2, 0.25) is 5.04 Å². The van der Waals surface area contributed by atoms with Crippen LogP contribution in [-0.2, 0) is 9.16 Å². The van der Waals surface area contributed by atoms with Crippen LogP contribution in [0.4, 0.5) is 0 Å². The van der Waals surface area contributed by atoms with Crippen molar-refractivity contribution in [3.63, 3.8) is 0 Å². The van der Waals surface area contributed by atoms with E-state index >= 15 is 0 Å². The summed E-state index contributed by atoms with van der Waals surface area (Å²) in [6.45, 7) is 6.65. The van der Waals surface area contributed by atoms with Crippen molar-refractivity contribution in [3.05, 3.63) is 60.7 Å². The van der Waals surface area contributed by atoms with Gasteiger partial charge in [0.25, 0.3) is 8.32 Å². The lowest BCUT2D eigenvalue weighted by Crippen LogP contribution is -2.68. The highest BCUT2D eigenvalue weighted by molar-refractivity contribution is 6.99. The summed E-state index contributed by atoms with van der Waals surface area (Å²) in [5.74, 6) is -1.52. The molecule has 0 amide bonds. The molecule has 1 aliphatic heterocycles. The highest BCUT2D eigenvalue weighted by Crippen LogP contribution is 2.39. The van der Waals surface area contributed by atoms with Crippen LogP contribution in [0.1, 0.15) is 33.6 Å². The standard InChI is InChI=1S/C22H30O4Si/c1-21(2,3)27(19-10-6-4-7-11-19,20-12-8-5-9-13-20)26-18-14-15-25-22(24,16-18)17-23/h4-13,18,23-24H,14-17H2,1-3H3/t18-,22-/m1/s1. The smallest absolute Gasteiger partial charge is 0.261 e. The first-order valence-corrected chi connectivity index (χ1v) is 11.5. The fraction of sp³-hybridized carbons (Fsp3) is 0.455. The Bertz CT molecular complexity index is 689. The van der Waals surface area contributed by atoms with Gasteiger partial charge in [-0.2, -0.15) is 0 Å². The second-order valence-electron chi connectivity index (χ2n) is 8.35. The summed E-state index contributed by atoms with van der Waals surface area (Å²) in [4.78, 5) is 0. The monoisotopic (exact) mass is 386 g/mol. The predicted molar refractivity (Wildman–Crippen MR) is 110 cm³/mol. The van der Waals surface area contributed by atoms with Crippen molar-refractivity contribution in [1.82, 2.24) is 0 Å². The molecule has 0 unspecified atom stereocenters. The fourth-order valence-electron chi connectivity index (χ4n) is 4.05. The van der Waals surface area contributed by atoms with E-state index in [1.807, 2.05) is 12.1 Å². The highest BCUT2D eigenvalue weighted by Gasteiger charge is 2.52. The first-order valence-electron chi connectivity index (χ1n) is 9.57. The summed E-state index contributed by atoms with van der Waals surface area (Å²) in [6.07, 6.45) is 0.795. The van der Waals surface area contributed by atoms with Gasteiger partial charge >= 0.3 is 0 Å². The van der Waals surface area contributed by atoms with Gasteiger partial charge in [0.1, 0.15) is 0 Å². The zero-order valence-electron chi connectivity index (χ0n) is 16.4. The van der Waals surface area contributed by atoms with Gasteiger partial charge in [-0.15, -0.1) is 0 Å². The Labute approximate surface area is 162 Å². The van der Waals surface area contributed by atoms with Gasteiger partial charge in [0, 0.05) is 6.42 Å². The number of benzene rings is 2. The maximum Gasteiger partial charge on any atom is 0.261 e. The van der Waals surface area contributed by atoms with Gasteiger partial charge < -0.3 is 19.4 Å². The molecule has 146 valence electrons. The zero-order valence-corrected chi connectivity index (χ0v) is 17.4. The minimum absolute atomic E-state index is 0.120. The van der Waals surface area contributed by atoms with Crippen molar-refractivity contribution in [2.24, 2.45) is 0 Å². The van der Waals surface area contributed by atoms with Gasteiger partial charge in [-0.05, 0) is 21.8 Å². The number of rotatable bonds is 5. The lowest BCUT2D eigenvalue weighted by Gasteiger charge is -2.47. The largest absolute Gasteiger partial charge is 0.404 e. The van der Waals surface area contributed by atoms with E-state index in [0.717, 1.165) is 0 Å². The fourth-order valence-corrected chi connectivity index (χ4v) is 8.77. The minimum atomic E-state index is -2.66. The average molecular weight is 387 g/mol. The van der Waals surface area contributed by atoms with Gasteiger partial charge in [-0.3, -0.25) is 0 Å². The quantitative estimate of drug-likeness (QED) is 0.775. The third-order valence-electron chi connectivity index (χ3n) is 5.36. The Morgan fingerprint density at radius 1 is 1.04 bits per heavy atom. The number of aliphatic hydroxyl groups is 2. The number of hydrogen-bond donors (Lipinski definition) is 2. The normalized spacial score (nSPS) is 24.0. The van der Waals surface area contributed by atoms with Crippen molar-refractivity contribution in [3.8, 4) is 0 Å². The van der Waals surface area contributed by atoms with Crippen LogP contribution in [-0.4, -0.2) is 43.6 Å². The second-order valence-corrected chi connectivity index (χ2v) is 12.6. The molecule has 27 heavy (non-hydrogen) atoms. The SMILES string of the molecule is CC(C)(C)[Si](O[C@@H]1CCO[C@@](O)(CO)C1)(c1ccccc1)c1ccccc1. The van der Waals surface area contributed by atoms with Crippen molar-refractivity contribution in [1.29, 1.82) is 0 Å². The Balaban J connectivity index is 2.10. The predicted octanol–water partition coefficient (Wildman–Crippen LogP) is 2.42. The van der Waals surface area contributed by atoms with E-state index in [4.69, 9.17) is 9.16 Å². The van der Waals surface area contributed by atoms with Crippen LogP contribution in [0.15, 0.2) is 60.7 Å². The van der Waals surface area contributed by atoms with Gasteiger partial charge in [-0.1, -0.05) is 81.4 Å². The van der Waals surface area contributed by atoms with E-state index in [2.05, 4.69) is 69.3 Å². The van der Waals surface area contributed by atoms with Crippen molar-refractivity contribution in [2.75, 3.05) is 13.2 Å². The van der Waals surface area contributed by atoms with E-state index < -0.39 is 20.7 Å². The molecule has 2 N–H and O–H groups in total. The van der Waals surface area contributed by atoms with Crippen LogP contribution >= 0.6 is 0 Å². The lowest BCUT2D eigenvalue weighted by atomic mass is 10.0.